The number of carbonyl (C=O) groups is 2. The smallest absolute Gasteiger partial charge is 0.407 e. The highest BCUT2D eigenvalue weighted by Gasteiger charge is 2.29. The maximum Gasteiger partial charge on any atom is 0.407 e. The van der Waals surface area contributed by atoms with Gasteiger partial charge in [-0.3, -0.25) is 0 Å². The third-order valence-corrected chi connectivity index (χ3v) is 5.47. The number of nitrogens with one attached hydrogen (secondary N) is 1. The number of phenolic OH excluding ortho intramolecular Hbond substituents is 1. The van der Waals surface area contributed by atoms with E-state index in [-0.39, 0.29) is 30.4 Å². The Hall–Kier alpha value is -4.00. The maximum absolute atomic E-state index is 12.4. The molecule has 158 valence electrons. The van der Waals surface area contributed by atoms with Gasteiger partial charge < -0.3 is 26.0 Å². The van der Waals surface area contributed by atoms with Crippen molar-refractivity contribution in [3.05, 3.63) is 83.4 Å². The number of benzene rings is 3. The number of amides is 1. The first kappa shape index (κ1) is 20.3. The predicted molar refractivity (Wildman–Crippen MR) is 116 cm³/mol. The van der Waals surface area contributed by atoms with Crippen LogP contribution in [0.2, 0.25) is 0 Å². The second-order valence-electron chi connectivity index (χ2n) is 7.46. The molecular weight excluding hydrogens is 396 g/mol. The fourth-order valence-electron chi connectivity index (χ4n) is 3.95. The van der Waals surface area contributed by atoms with Gasteiger partial charge in [0.25, 0.3) is 0 Å². The van der Waals surface area contributed by atoms with E-state index in [0.29, 0.717) is 5.56 Å². The molecule has 0 bridgehead atoms. The number of aromatic hydroxyl groups is 1. The summed E-state index contributed by atoms with van der Waals surface area (Å²) in [5, 5.41) is 21.4. The van der Waals surface area contributed by atoms with Crippen LogP contribution in [0.3, 0.4) is 0 Å². The van der Waals surface area contributed by atoms with Crippen LogP contribution in [0, 0.1) is 0 Å². The summed E-state index contributed by atoms with van der Waals surface area (Å²) in [5.74, 6) is -1.39. The number of carboxylic acids is 1. The van der Waals surface area contributed by atoms with Gasteiger partial charge in [-0.05, 0) is 39.9 Å². The first-order valence-electron chi connectivity index (χ1n) is 9.85. The van der Waals surface area contributed by atoms with E-state index in [1.165, 1.54) is 12.1 Å². The van der Waals surface area contributed by atoms with Crippen LogP contribution in [0.25, 0.3) is 11.1 Å². The second-order valence-corrected chi connectivity index (χ2v) is 7.46. The number of ether oxygens (including phenoxy) is 1. The lowest BCUT2D eigenvalue weighted by Gasteiger charge is -2.18. The van der Waals surface area contributed by atoms with Gasteiger partial charge in [-0.15, -0.1) is 0 Å². The van der Waals surface area contributed by atoms with Crippen LogP contribution < -0.4 is 11.1 Å². The SMILES string of the molecule is Nc1cc(C[C@H](NC(=O)OCC2c3ccccc3-c3ccccc32)C(=O)O)ccc1O. The van der Waals surface area contributed by atoms with E-state index in [4.69, 9.17) is 10.5 Å². The van der Waals surface area contributed by atoms with Crippen molar-refractivity contribution in [3.63, 3.8) is 0 Å². The van der Waals surface area contributed by atoms with Crippen LogP contribution in [0.15, 0.2) is 66.7 Å². The summed E-state index contributed by atoms with van der Waals surface area (Å²) in [5.41, 5.74) is 10.7. The molecule has 0 aliphatic heterocycles. The van der Waals surface area contributed by atoms with E-state index in [0.717, 1.165) is 22.3 Å². The Morgan fingerprint density at radius 2 is 1.61 bits per heavy atom. The molecule has 0 heterocycles. The van der Waals surface area contributed by atoms with Crippen molar-refractivity contribution in [2.45, 2.75) is 18.4 Å². The normalized spacial score (nSPS) is 13.2. The third kappa shape index (κ3) is 4.16. The molecule has 7 heteroatoms. The first-order chi connectivity index (χ1) is 14.9. The Kier molecular flexibility index (Phi) is 5.49. The largest absolute Gasteiger partial charge is 0.506 e. The van der Waals surface area contributed by atoms with E-state index in [2.05, 4.69) is 5.32 Å². The van der Waals surface area contributed by atoms with Gasteiger partial charge in [-0.25, -0.2) is 9.59 Å². The fraction of sp³-hybridized carbons (Fsp3) is 0.167. The molecule has 0 saturated carbocycles. The predicted octanol–water partition coefficient (Wildman–Crippen LogP) is 3.51. The number of nitrogen functional groups attached to an aromatic ring is 1. The zero-order valence-corrected chi connectivity index (χ0v) is 16.6. The van der Waals surface area contributed by atoms with Crippen molar-refractivity contribution in [1.29, 1.82) is 0 Å². The molecule has 1 amide bonds. The Morgan fingerprint density at radius 3 is 2.19 bits per heavy atom. The van der Waals surface area contributed by atoms with Gasteiger partial charge in [0.15, 0.2) is 0 Å². The molecule has 31 heavy (non-hydrogen) atoms. The molecule has 0 aromatic heterocycles. The minimum absolute atomic E-state index is 0.00398. The maximum atomic E-state index is 12.4. The summed E-state index contributed by atoms with van der Waals surface area (Å²) in [6.45, 7) is 0.0956. The lowest BCUT2D eigenvalue weighted by atomic mass is 9.98. The summed E-state index contributed by atoms with van der Waals surface area (Å²) in [7, 11) is 0. The van der Waals surface area contributed by atoms with E-state index >= 15 is 0 Å². The average molecular weight is 418 g/mol. The molecule has 1 aliphatic rings. The zero-order chi connectivity index (χ0) is 22.0. The molecule has 1 atom stereocenters. The summed E-state index contributed by atoms with van der Waals surface area (Å²) >= 11 is 0. The Labute approximate surface area is 179 Å². The molecule has 1 aliphatic carbocycles. The highest BCUT2D eigenvalue weighted by Crippen LogP contribution is 2.44. The summed E-state index contributed by atoms with van der Waals surface area (Å²) in [4.78, 5) is 24.0. The molecule has 0 radical (unpaired) electrons. The summed E-state index contributed by atoms with van der Waals surface area (Å²) in [6.07, 6.45) is -0.801. The molecule has 0 spiro atoms. The van der Waals surface area contributed by atoms with Crippen LogP contribution in [0.5, 0.6) is 5.75 Å². The van der Waals surface area contributed by atoms with Gasteiger partial charge in [-0.1, -0.05) is 54.6 Å². The van der Waals surface area contributed by atoms with Gasteiger partial charge in [-0.2, -0.15) is 0 Å². The van der Waals surface area contributed by atoms with Crippen molar-refractivity contribution in [3.8, 4) is 16.9 Å². The Morgan fingerprint density at radius 1 is 1.00 bits per heavy atom. The summed E-state index contributed by atoms with van der Waals surface area (Å²) in [6, 6.07) is 19.2. The molecule has 4 rings (SSSR count). The van der Waals surface area contributed by atoms with Gasteiger partial charge in [0.05, 0.1) is 5.69 Å². The van der Waals surface area contributed by atoms with Crippen LogP contribution in [-0.2, 0) is 16.0 Å². The molecule has 0 unspecified atom stereocenters. The van der Waals surface area contributed by atoms with E-state index in [1.54, 1.807) is 6.07 Å². The topological polar surface area (TPSA) is 122 Å². The molecule has 0 saturated heterocycles. The van der Waals surface area contributed by atoms with E-state index in [9.17, 15) is 19.8 Å². The number of aliphatic carboxylic acids is 1. The zero-order valence-electron chi connectivity index (χ0n) is 16.6. The van der Waals surface area contributed by atoms with Crippen molar-refractivity contribution in [2.75, 3.05) is 12.3 Å². The number of fused-ring (bicyclic) bond motifs is 3. The van der Waals surface area contributed by atoms with E-state index in [1.807, 2.05) is 48.5 Å². The number of carboxylic acid groups (broad SMARTS) is 1. The van der Waals surface area contributed by atoms with E-state index < -0.39 is 18.1 Å². The Balaban J connectivity index is 1.43. The first-order valence-corrected chi connectivity index (χ1v) is 9.85. The summed E-state index contributed by atoms with van der Waals surface area (Å²) < 4.78 is 5.42. The number of nitrogens with two attached hydrogens (primary N) is 1. The molecule has 3 aromatic rings. The monoisotopic (exact) mass is 418 g/mol. The number of carbonyl (C=O) groups excluding carboxylic acids is 1. The highest BCUT2D eigenvalue weighted by atomic mass is 16.5. The quantitative estimate of drug-likeness (QED) is 0.359. The Bertz CT molecular complexity index is 1100. The second kappa shape index (κ2) is 8.39. The van der Waals surface area contributed by atoms with Crippen molar-refractivity contribution >= 4 is 17.7 Å². The minimum Gasteiger partial charge on any atom is -0.506 e. The molecular formula is C24H22N2O5. The van der Waals surface area contributed by atoms with Crippen LogP contribution in [-0.4, -0.2) is 34.9 Å². The average Bonchev–Trinajstić information content (AvgIpc) is 3.08. The van der Waals surface area contributed by atoms with Crippen molar-refractivity contribution in [1.82, 2.24) is 5.32 Å². The molecule has 3 aromatic carbocycles. The standard InChI is InChI=1S/C24H22N2O5/c25-20-11-14(9-10-22(20)27)12-21(23(28)29)26-24(30)31-13-19-17-7-3-1-5-15(17)16-6-2-4-8-18(16)19/h1-11,19,21,27H,12-13,25H2,(H,26,30)(H,28,29)/t21-/m0/s1. The van der Waals surface area contributed by atoms with Gasteiger partial charge >= 0.3 is 12.1 Å². The number of hydrogen-bond donors (Lipinski definition) is 4. The van der Waals surface area contributed by atoms with Crippen LogP contribution >= 0.6 is 0 Å². The van der Waals surface area contributed by atoms with Crippen LogP contribution in [0.1, 0.15) is 22.6 Å². The lowest BCUT2D eigenvalue weighted by molar-refractivity contribution is -0.139. The number of hydrogen-bond acceptors (Lipinski definition) is 5. The molecule has 7 nitrogen and oxygen atoms in total. The molecule has 5 N–H and O–H groups in total. The van der Waals surface area contributed by atoms with Crippen molar-refractivity contribution < 1.29 is 24.5 Å². The van der Waals surface area contributed by atoms with Crippen molar-refractivity contribution in [2.24, 2.45) is 0 Å². The minimum atomic E-state index is -1.19. The third-order valence-electron chi connectivity index (χ3n) is 5.47. The van der Waals surface area contributed by atoms with Crippen LogP contribution in [0.4, 0.5) is 10.5 Å². The fourth-order valence-corrected chi connectivity index (χ4v) is 3.95. The van der Waals surface area contributed by atoms with Gasteiger partial charge in [0.2, 0.25) is 0 Å². The highest BCUT2D eigenvalue weighted by molar-refractivity contribution is 5.81. The molecule has 0 fully saturated rings. The van der Waals surface area contributed by atoms with Gasteiger partial charge in [0.1, 0.15) is 18.4 Å². The number of phenols is 1. The number of anilines is 1. The number of alkyl carbamates (subject to hydrolysis) is 1. The lowest BCUT2D eigenvalue weighted by Crippen LogP contribution is -2.42. The number of rotatable bonds is 6. The van der Waals surface area contributed by atoms with Gasteiger partial charge in [0, 0.05) is 12.3 Å².